The molecular weight excluding hydrogens is 464 g/mol. The number of thiazole rings is 1. The summed E-state index contributed by atoms with van der Waals surface area (Å²) < 4.78 is 30.4. The zero-order valence-corrected chi connectivity index (χ0v) is 19.6. The van der Waals surface area contributed by atoms with Crippen LogP contribution in [-0.2, 0) is 14.6 Å². The molecule has 0 aliphatic heterocycles. The van der Waals surface area contributed by atoms with Gasteiger partial charge in [-0.2, -0.15) is 5.10 Å². The molecule has 4 rings (SSSR count). The minimum Gasteiger partial charge on any atom is -0.497 e. The Morgan fingerprint density at radius 3 is 2.52 bits per heavy atom. The third kappa shape index (κ3) is 4.78. The average molecular weight is 485 g/mol. The molecule has 0 spiro atoms. The number of aromatic nitrogens is 3. The monoisotopic (exact) mass is 484 g/mol. The van der Waals surface area contributed by atoms with E-state index in [9.17, 15) is 18.0 Å². The topological polar surface area (TPSA) is 120 Å². The van der Waals surface area contributed by atoms with Crippen molar-refractivity contribution in [3.8, 4) is 17.0 Å². The number of benzene rings is 2. The summed E-state index contributed by atoms with van der Waals surface area (Å²) in [5.41, 5.74) is 1.44. The lowest BCUT2D eigenvalue weighted by atomic mass is 10.1. The fourth-order valence-corrected chi connectivity index (χ4v) is 4.76. The first-order valence-corrected chi connectivity index (χ1v) is 12.5. The van der Waals surface area contributed by atoms with Crippen LogP contribution in [0.2, 0.25) is 0 Å². The van der Waals surface area contributed by atoms with E-state index in [1.165, 1.54) is 18.2 Å². The van der Waals surface area contributed by atoms with Crippen LogP contribution in [0.3, 0.4) is 0 Å². The molecule has 0 bridgehead atoms. The summed E-state index contributed by atoms with van der Waals surface area (Å²) in [5, 5.41) is 7.35. The molecule has 33 heavy (non-hydrogen) atoms. The SMILES string of the molecule is COc1ccc(-c2ccc(=O)n(C(C)C(=O)Nc3nc4ccc(S(C)(=O)=O)cc4s3)n2)cc1. The van der Waals surface area contributed by atoms with Crippen LogP contribution in [0, 0.1) is 0 Å². The van der Waals surface area contributed by atoms with E-state index in [0.29, 0.717) is 26.8 Å². The molecule has 1 unspecified atom stereocenters. The fourth-order valence-electron chi connectivity index (χ4n) is 3.13. The van der Waals surface area contributed by atoms with Crippen molar-refractivity contribution < 1.29 is 17.9 Å². The summed E-state index contributed by atoms with van der Waals surface area (Å²) in [4.78, 5) is 29.8. The van der Waals surface area contributed by atoms with Gasteiger partial charge in [0.25, 0.3) is 11.5 Å². The summed E-state index contributed by atoms with van der Waals surface area (Å²) in [7, 11) is -1.78. The molecule has 1 atom stereocenters. The highest BCUT2D eigenvalue weighted by atomic mass is 32.2. The second-order valence-electron chi connectivity index (χ2n) is 7.32. The van der Waals surface area contributed by atoms with Gasteiger partial charge in [-0.25, -0.2) is 18.1 Å². The normalized spacial score (nSPS) is 12.5. The number of carbonyl (C=O) groups excluding carboxylic acids is 1. The molecule has 9 nitrogen and oxygen atoms in total. The van der Waals surface area contributed by atoms with Crippen molar-refractivity contribution in [1.29, 1.82) is 0 Å². The first kappa shape index (κ1) is 22.6. The lowest BCUT2D eigenvalue weighted by Gasteiger charge is -2.14. The highest BCUT2D eigenvalue weighted by molar-refractivity contribution is 7.90. The Labute approximate surface area is 193 Å². The van der Waals surface area contributed by atoms with Gasteiger partial charge in [0.1, 0.15) is 11.8 Å². The van der Waals surface area contributed by atoms with Crippen molar-refractivity contribution in [3.05, 3.63) is 65.0 Å². The number of anilines is 1. The number of fused-ring (bicyclic) bond motifs is 1. The van der Waals surface area contributed by atoms with Gasteiger partial charge in [-0.05, 0) is 55.5 Å². The van der Waals surface area contributed by atoms with Gasteiger partial charge in [0.2, 0.25) is 0 Å². The molecule has 2 aromatic heterocycles. The van der Waals surface area contributed by atoms with Gasteiger partial charge in [0.05, 0.1) is 27.9 Å². The van der Waals surface area contributed by atoms with Gasteiger partial charge in [-0.1, -0.05) is 11.3 Å². The molecule has 1 amide bonds. The van der Waals surface area contributed by atoms with Gasteiger partial charge in [0, 0.05) is 17.9 Å². The van der Waals surface area contributed by atoms with Gasteiger partial charge in [0.15, 0.2) is 15.0 Å². The third-order valence-corrected chi connectivity index (χ3v) is 7.02. The van der Waals surface area contributed by atoms with Gasteiger partial charge < -0.3 is 10.1 Å². The molecule has 1 N–H and O–H groups in total. The quantitative estimate of drug-likeness (QED) is 0.446. The third-order valence-electron chi connectivity index (χ3n) is 4.98. The first-order chi connectivity index (χ1) is 15.7. The van der Waals surface area contributed by atoms with E-state index in [0.717, 1.165) is 27.8 Å². The molecular formula is C22H20N4O5S2. The molecule has 0 aliphatic rings. The molecule has 0 fully saturated rings. The number of sulfone groups is 1. The zero-order chi connectivity index (χ0) is 23.8. The Balaban J connectivity index is 1.58. The number of nitrogens with zero attached hydrogens (tertiary/aromatic N) is 3. The van der Waals surface area contributed by atoms with Crippen LogP contribution in [0.25, 0.3) is 21.5 Å². The van der Waals surface area contributed by atoms with Crippen LogP contribution in [0.4, 0.5) is 5.13 Å². The van der Waals surface area contributed by atoms with Crippen LogP contribution >= 0.6 is 11.3 Å². The van der Waals surface area contributed by atoms with E-state index < -0.39 is 27.3 Å². The molecule has 0 aliphatic carbocycles. The number of hydrogen-bond acceptors (Lipinski definition) is 8. The maximum Gasteiger partial charge on any atom is 0.267 e. The second kappa shape index (κ2) is 8.75. The van der Waals surface area contributed by atoms with Crippen molar-refractivity contribution in [3.63, 3.8) is 0 Å². The molecule has 0 saturated carbocycles. The fraction of sp³-hybridized carbons (Fsp3) is 0.182. The zero-order valence-electron chi connectivity index (χ0n) is 18.0. The Hall–Kier alpha value is -3.57. The largest absolute Gasteiger partial charge is 0.497 e. The predicted octanol–water partition coefficient (Wildman–Crippen LogP) is 3.13. The number of amides is 1. The summed E-state index contributed by atoms with van der Waals surface area (Å²) in [5.74, 6) is 0.221. The van der Waals surface area contributed by atoms with E-state index in [4.69, 9.17) is 4.74 Å². The highest BCUT2D eigenvalue weighted by Gasteiger charge is 2.20. The Morgan fingerprint density at radius 2 is 1.85 bits per heavy atom. The van der Waals surface area contributed by atoms with E-state index in [2.05, 4.69) is 15.4 Å². The number of carbonyl (C=O) groups is 1. The number of methoxy groups -OCH3 is 1. The van der Waals surface area contributed by atoms with Crippen LogP contribution < -0.4 is 15.6 Å². The van der Waals surface area contributed by atoms with Crippen molar-refractivity contribution in [1.82, 2.24) is 14.8 Å². The smallest absolute Gasteiger partial charge is 0.267 e. The number of rotatable bonds is 6. The second-order valence-corrected chi connectivity index (χ2v) is 10.4. The summed E-state index contributed by atoms with van der Waals surface area (Å²) in [6.07, 6.45) is 1.13. The van der Waals surface area contributed by atoms with Crippen molar-refractivity contribution in [2.45, 2.75) is 17.9 Å². The summed E-state index contributed by atoms with van der Waals surface area (Å²) in [6.45, 7) is 1.57. The van der Waals surface area contributed by atoms with Crippen molar-refractivity contribution in [2.75, 3.05) is 18.7 Å². The molecule has 170 valence electrons. The lowest BCUT2D eigenvalue weighted by Crippen LogP contribution is -2.33. The molecule has 0 radical (unpaired) electrons. The summed E-state index contributed by atoms with van der Waals surface area (Å²) in [6, 6.07) is 13.8. The minimum absolute atomic E-state index is 0.177. The average Bonchev–Trinajstić information content (AvgIpc) is 3.20. The number of ether oxygens (including phenoxy) is 1. The molecule has 2 aromatic carbocycles. The lowest BCUT2D eigenvalue weighted by molar-refractivity contribution is -0.119. The van der Waals surface area contributed by atoms with Crippen LogP contribution in [0.5, 0.6) is 5.75 Å². The maximum absolute atomic E-state index is 12.8. The minimum atomic E-state index is -3.36. The van der Waals surface area contributed by atoms with Crippen molar-refractivity contribution >= 4 is 42.4 Å². The van der Waals surface area contributed by atoms with Crippen LogP contribution in [0.1, 0.15) is 13.0 Å². The Bertz CT molecular complexity index is 1510. The van der Waals surface area contributed by atoms with Crippen LogP contribution in [0.15, 0.2) is 64.3 Å². The van der Waals surface area contributed by atoms with Gasteiger partial charge in [-0.15, -0.1) is 0 Å². The van der Waals surface area contributed by atoms with Gasteiger partial charge in [-0.3, -0.25) is 9.59 Å². The van der Waals surface area contributed by atoms with E-state index in [1.807, 2.05) is 12.1 Å². The molecule has 0 saturated heterocycles. The highest BCUT2D eigenvalue weighted by Crippen LogP contribution is 2.28. The number of hydrogen-bond donors (Lipinski definition) is 1. The maximum atomic E-state index is 12.8. The van der Waals surface area contributed by atoms with E-state index in [-0.39, 0.29) is 4.90 Å². The first-order valence-electron chi connectivity index (χ1n) is 9.81. The van der Waals surface area contributed by atoms with E-state index >= 15 is 0 Å². The predicted molar refractivity (Wildman–Crippen MR) is 127 cm³/mol. The number of nitrogens with one attached hydrogen (secondary N) is 1. The van der Waals surface area contributed by atoms with Gasteiger partial charge >= 0.3 is 0 Å². The Kier molecular flexibility index (Phi) is 6.00. The molecule has 11 heteroatoms. The standard InChI is InChI=1S/C22H20N4O5S2/c1-13(26-20(27)11-10-17(25-26)14-4-6-15(31-2)7-5-14)21(28)24-22-23-18-9-8-16(33(3,29)30)12-19(18)32-22/h4-13H,1-3H3,(H,23,24,28). The molecule has 4 aromatic rings. The summed E-state index contributed by atoms with van der Waals surface area (Å²) >= 11 is 1.15. The van der Waals surface area contributed by atoms with Crippen molar-refractivity contribution in [2.24, 2.45) is 0 Å². The van der Waals surface area contributed by atoms with Crippen LogP contribution in [-0.4, -0.2) is 42.5 Å². The van der Waals surface area contributed by atoms with E-state index in [1.54, 1.807) is 38.3 Å². The Morgan fingerprint density at radius 1 is 1.12 bits per heavy atom. The molecule has 2 heterocycles.